The summed E-state index contributed by atoms with van der Waals surface area (Å²) in [5.41, 5.74) is 0.226. The molecule has 0 aliphatic carbocycles. The van der Waals surface area contributed by atoms with Crippen LogP contribution in [0.1, 0.15) is 34.1 Å². The molecule has 1 fully saturated rings. The molecular weight excluding hydrogens is 308 g/mol. The number of likely N-dealkylation sites (tertiary alicyclic amines) is 1. The van der Waals surface area contributed by atoms with Crippen molar-refractivity contribution in [1.82, 2.24) is 19.9 Å². The normalized spacial score (nSPS) is 21.1. The van der Waals surface area contributed by atoms with Gasteiger partial charge in [-0.3, -0.25) is 4.98 Å². The molecule has 128 valence electrons. The molecule has 2 aromatic rings. The van der Waals surface area contributed by atoms with Crippen LogP contribution in [0.3, 0.4) is 0 Å². The number of fused-ring (bicyclic) bond motifs is 1. The molecule has 1 aliphatic heterocycles. The van der Waals surface area contributed by atoms with Crippen LogP contribution in [0.5, 0.6) is 5.88 Å². The number of rotatable bonds is 2. The van der Waals surface area contributed by atoms with Crippen molar-refractivity contribution >= 4 is 17.0 Å². The van der Waals surface area contributed by atoms with Crippen LogP contribution in [0, 0.1) is 0 Å². The number of pyridine rings is 1. The zero-order chi connectivity index (χ0) is 17.3. The van der Waals surface area contributed by atoms with Crippen molar-refractivity contribution in [3.05, 3.63) is 24.8 Å². The molecule has 0 radical (unpaired) electrons. The zero-order valence-corrected chi connectivity index (χ0v) is 14.4. The minimum atomic E-state index is -0.508. The lowest BCUT2D eigenvalue weighted by molar-refractivity contribution is 0.0224. The third kappa shape index (κ3) is 3.55. The van der Waals surface area contributed by atoms with Crippen LogP contribution in [0.15, 0.2) is 24.8 Å². The van der Waals surface area contributed by atoms with Gasteiger partial charge in [-0.25, -0.2) is 14.8 Å². The molecule has 1 amide bonds. The lowest BCUT2D eigenvalue weighted by atomic mass is 10.2. The number of hydrogen-bond acceptors (Lipinski definition) is 6. The predicted molar refractivity (Wildman–Crippen MR) is 88.8 cm³/mol. The fourth-order valence-electron chi connectivity index (χ4n) is 2.78. The van der Waals surface area contributed by atoms with Gasteiger partial charge in [0.15, 0.2) is 0 Å². The number of ether oxygens (including phenoxy) is 2. The van der Waals surface area contributed by atoms with Crippen molar-refractivity contribution in [2.24, 2.45) is 0 Å². The van der Waals surface area contributed by atoms with Crippen molar-refractivity contribution in [2.75, 3.05) is 6.54 Å². The van der Waals surface area contributed by atoms with E-state index < -0.39 is 5.60 Å². The highest BCUT2D eigenvalue weighted by molar-refractivity contribution is 5.82. The van der Waals surface area contributed by atoms with Gasteiger partial charge in [-0.05, 0) is 33.8 Å². The molecule has 0 N–H and O–H groups in total. The SMILES string of the molecule is C[C@H]1C[C@@H](Oc2ncnc3cnccc23)CN1C(=O)OC(C)(C)C. The monoisotopic (exact) mass is 330 g/mol. The van der Waals surface area contributed by atoms with Crippen molar-refractivity contribution in [2.45, 2.75) is 51.9 Å². The third-order valence-corrected chi connectivity index (χ3v) is 3.84. The summed E-state index contributed by atoms with van der Waals surface area (Å²) in [5, 5.41) is 0.816. The fourth-order valence-corrected chi connectivity index (χ4v) is 2.78. The molecule has 3 rings (SSSR count). The van der Waals surface area contributed by atoms with E-state index in [0.717, 1.165) is 17.3 Å². The molecule has 0 saturated carbocycles. The van der Waals surface area contributed by atoms with E-state index in [1.165, 1.54) is 6.33 Å². The molecule has 7 nitrogen and oxygen atoms in total. The lowest BCUT2D eigenvalue weighted by Crippen LogP contribution is -2.39. The topological polar surface area (TPSA) is 77.4 Å². The van der Waals surface area contributed by atoms with Gasteiger partial charge in [0, 0.05) is 18.7 Å². The summed E-state index contributed by atoms with van der Waals surface area (Å²) < 4.78 is 11.5. The first kappa shape index (κ1) is 16.4. The maximum atomic E-state index is 12.3. The molecular formula is C17H22N4O3. The van der Waals surface area contributed by atoms with Gasteiger partial charge in [0.25, 0.3) is 0 Å². The van der Waals surface area contributed by atoms with E-state index in [1.54, 1.807) is 17.3 Å². The van der Waals surface area contributed by atoms with Crippen LogP contribution < -0.4 is 4.74 Å². The second kappa shape index (κ2) is 6.22. The quantitative estimate of drug-likeness (QED) is 0.842. The van der Waals surface area contributed by atoms with E-state index in [2.05, 4.69) is 15.0 Å². The van der Waals surface area contributed by atoms with Gasteiger partial charge in [0.2, 0.25) is 5.88 Å². The van der Waals surface area contributed by atoms with Crippen LogP contribution in [0.25, 0.3) is 10.9 Å². The smallest absolute Gasteiger partial charge is 0.410 e. The number of amides is 1. The first-order valence-corrected chi connectivity index (χ1v) is 8.04. The Balaban J connectivity index is 1.72. The van der Waals surface area contributed by atoms with E-state index in [9.17, 15) is 4.79 Å². The average molecular weight is 330 g/mol. The van der Waals surface area contributed by atoms with E-state index in [0.29, 0.717) is 12.4 Å². The van der Waals surface area contributed by atoms with Gasteiger partial charge in [-0.2, -0.15) is 0 Å². The van der Waals surface area contributed by atoms with Crippen LogP contribution >= 0.6 is 0 Å². The van der Waals surface area contributed by atoms with Crippen LogP contribution in [0.2, 0.25) is 0 Å². The second-order valence-electron chi connectivity index (χ2n) is 7.03. The van der Waals surface area contributed by atoms with Crippen molar-refractivity contribution in [1.29, 1.82) is 0 Å². The molecule has 3 heterocycles. The number of hydrogen-bond donors (Lipinski definition) is 0. The maximum Gasteiger partial charge on any atom is 0.410 e. The number of carbonyl (C=O) groups excluding carboxylic acids is 1. The molecule has 2 aromatic heterocycles. The Hall–Kier alpha value is -2.44. The van der Waals surface area contributed by atoms with Gasteiger partial charge in [-0.1, -0.05) is 0 Å². The Kier molecular flexibility index (Phi) is 4.26. The minimum Gasteiger partial charge on any atom is -0.472 e. The third-order valence-electron chi connectivity index (χ3n) is 3.84. The summed E-state index contributed by atoms with van der Waals surface area (Å²) in [6.07, 6.45) is 5.12. The number of nitrogens with zero attached hydrogens (tertiary/aromatic N) is 4. The summed E-state index contributed by atoms with van der Waals surface area (Å²) in [5.74, 6) is 0.519. The number of carbonyl (C=O) groups is 1. The van der Waals surface area contributed by atoms with Crippen molar-refractivity contribution in [3.63, 3.8) is 0 Å². The Morgan fingerprint density at radius 1 is 1.33 bits per heavy atom. The summed E-state index contributed by atoms with van der Waals surface area (Å²) in [6.45, 7) is 8.06. The molecule has 0 bridgehead atoms. The lowest BCUT2D eigenvalue weighted by Gasteiger charge is -2.26. The minimum absolute atomic E-state index is 0.0552. The Labute approximate surface area is 141 Å². The van der Waals surface area contributed by atoms with E-state index >= 15 is 0 Å². The molecule has 7 heteroatoms. The van der Waals surface area contributed by atoms with Crippen LogP contribution in [0.4, 0.5) is 4.79 Å². The van der Waals surface area contributed by atoms with Crippen molar-refractivity contribution in [3.8, 4) is 5.88 Å². The zero-order valence-electron chi connectivity index (χ0n) is 14.4. The highest BCUT2D eigenvalue weighted by Crippen LogP contribution is 2.27. The molecule has 2 atom stereocenters. The highest BCUT2D eigenvalue weighted by atomic mass is 16.6. The summed E-state index contributed by atoms with van der Waals surface area (Å²) in [6, 6.07) is 1.88. The molecule has 24 heavy (non-hydrogen) atoms. The van der Waals surface area contributed by atoms with Gasteiger partial charge < -0.3 is 14.4 Å². The first-order valence-electron chi connectivity index (χ1n) is 8.04. The van der Waals surface area contributed by atoms with Gasteiger partial charge in [-0.15, -0.1) is 0 Å². The van der Waals surface area contributed by atoms with Gasteiger partial charge in [0.1, 0.15) is 18.0 Å². The first-order chi connectivity index (χ1) is 11.3. The molecule has 0 aromatic carbocycles. The van der Waals surface area contributed by atoms with Gasteiger partial charge >= 0.3 is 6.09 Å². The summed E-state index contributed by atoms with van der Waals surface area (Å²) in [7, 11) is 0. The Morgan fingerprint density at radius 3 is 2.88 bits per heavy atom. The maximum absolute atomic E-state index is 12.3. The highest BCUT2D eigenvalue weighted by Gasteiger charge is 2.36. The van der Waals surface area contributed by atoms with E-state index in [-0.39, 0.29) is 18.2 Å². The molecule has 0 unspecified atom stereocenters. The van der Waals surface area contributed by atoms with Crippen LogP contribution in [-0.2, 0) is 4.74 Å². The molecule has 0 spiro atoms. The Morgan fingerprint density at radius 2 is 2.12 bits per heavy atom. The predicted octanol–water partition coefficient (Wildman–Crippen LogP) is 2.80. The van der Waals surface area contributed by atoms with E-state index in [4.69, 9.17) is 9.47 Å². The van der Waals surface area contributed by atoms with Gasteiger partial charge in [0.05, 0.1) is 23.6 Å². The largest absolute Gasteiger partial charge is 0.472 e. The number of aromatic nitrogens is 3. The summed E-state index contributed by atoms with van der Waals surface area (Å²) in [4.78, 5) is 26.5. The summed E-state index contributed by atoms with van der Waals surface area (Å²) >= 11 is 0. The fraction of sp³-hybridized carbons (Fsp3) is 0.529. The van der Waals surface area contributed by atoms with Crippen molar-refractivity contribution < 1.29 is 14.3 Å². The average Bonchev–Trinajstić information content (AvgIpc) is 2.87. The van der Waals surface area contributed by atoms with Crippen LogP contribution in [-0.4, -0.2) is 50.2 Å². The molecule has 1 saturated heterocycles. The Bertz CT molecular complexity index is 739. The second-order valence-corrected chi connectivity index (χ2v) is 7.03. The standard InChI is InChI=1S/C17H22N4O3/c1-11-7-12(9-21(11)16(22)24-17(2,3)4)23-15-13-5-6-18-8-14(13)19-10-20-15/h5-6,8,10-12H,7,9H2,1-4H3/t11-,12+/m0/s1. The molecule has 1 aliphatic rings. The van der Waals surface area contributed by atoms with E-state index in [1.807, 2.05) is 33.8 Å².